The lowest BCUT2D eigenvalue weighted by atomic mass is 10.1. The molecule has 0 radical (unpaired) electrons. The summed E-state index contributed by atoms with van der Waals surface area (Å²) in [5.74, 6) is 0.868. The summed E-state index contributed by atoms with van der Waals surface area (Å²) < 4.78 is 7.87. The van der Waals surface area contributed by atoms with Crippen molar-refractivity contribution in [2.24, 2.45) is 0 Å². The number of rotatable bonds is 3. The lowest BCUT2D eigenvalue weighted by molar-refractivity contribution is 0.305. The molecule has 19 heavy (non-hydrogen) atoms. The van der Waals surface area contributed by atoms with Gasteiger partial charge in [-0.1, -0.05) is 28.1 Å². The summed E-state index contributed by atoms with van der Waals surface area (Å²) in [6, 6.07) is 9.84. The summed E-state index contributed by atoms with van der Waals surface area (Å²) in [5.41, 5.74) is 9.95. The van der Waals surface area contributed by atoms with Gasteiger partial charge >= 0.3 is 0 Å². The molecule has 0 spiro atoms. The van der Waals surface area contributed by atoms with Crippen LogP contribution in [0.2, 0.25) is 0 Å². The molecule has 0 amide bonds. The van der Waals surface area contributed by atoms with E-state index in [9.17, 15) is 0 Å². The van der Waals surface area contributed by atoms with Crippen molar-refractivity contribution in [3.63, 3.8) is 0 Å². The van der Waals surface area contributed by atoms with Crippen LogP contribution < -0.4 is 10.5 Å². The van der Waals surface area contributed by atoms with E-state index in [1.807, 2.05) is 30.3 Å². The molecule has 0 aromatic heterocycles. The lowest BCUT2D eigenvalue weighted by Gasteiger charge is -2.12. The molecule has 2 nitrogen and oxygen atoms in total. The molecule has 2 aromatic carbocycles. The minimum atomic E-state index is 0.492. The number of benzene rings is 2. The zero-order valence-corrected chi connectivity index (χ0v) is 14.0. The Morgan fingerprint density at radius 2 is 1.68 bits per heavy atom. The van der Waals surface area contributed by atoms with Crippen molar-refractivity contribution in [1.29, 1.82) is 0 Å². The van der Waals surface area contributed by atoms with Crippen molar-refractivity contribution in [3.8, 4) is 5.75 Å². The molecule has 0 heterocycles. The quantitative estimate of drug-likeness (QED) is 0.756. The van der Waals surface area contributed by atoms with Crippen molar-refractivity contribution in [2.45, 2.75) is 20.5 Å². The maximum atomic E-state index is 5.85. The maximum Gasteiger partial charge on any atom is 0.120 e. The first-order chi connectivity index (χ1) is 8.99. The predicted molar refractivity (Wildman–Crippen MR) is 86.5 cm³/mol. The van der Waals surface area contributed by atoms with E-state index in [0.29, 0.717) is 6.61 Å². The number of halogens is 2. The van der Waals surface area contributed by atoms with Gasteiger partial charge in [0.2, 0.25) is 0 Å². The molecule has 0 fully saturated rings. The van der Waals surface area contributed by atoms with Gasteiger partial charge in [0.05, 0.1) is 0 Å². The SMILES string of the molecule is Cc1cc(OCc2cccc(N)c2Br)cc(C)c1Br. The molecule has 0 aliphatic carbocycles. The number of ether oxygens (including phenoxy) is 1. The van der Waals surface area contributed by atoms with E-state index in [2.05, 4.69) is 45.7 Å². The smallest absolute Gasteiger partial charge is 0.120 e. The van der Waals surface area contributed by atoms with Crippen LogP contribution in [0, 0.1) is 13.8 Å². The van der Waals surface area contributed by atoms with Crippen molar-refractivity contribution in [2.75, 3.05) is 5.73 Å². The van der Waals surface area contributed by atoms with Gasteiger partial charge in [0.25, 0.3) is 0 Å². The fraction of sp³-hybridized carbons (Fsp3) is 0.200. The number of hydrogen-bond donors (Lipinski definition) is 1. The Hall–Kier alpha value is -1.00. The molecule has 2 rings (SSSR count). The van der Waals surface area contributed by atoms with Crippen LogP contribution in [0.5, 0.6) is 5.75 Å². The van der Waals surface area contributed by atoms with E-state index in [0.717, 1.165) is 25.9 Å². The first-order valence-electron chi connectivity index (χ1n) is 5.91. The highest BCUT2D eigenvalue weighted by Crippen LogP contribution is 2.28. The minimum Gasteiger partial charge on any atom is -0.489 e. The Balaban J connectivity index is 2.17. The van der Waals surface area contributed by atoms with Gasteiger partial charge in [0.1, 0.15) is 12.4 Å². The van der Waals surface area contributed by atoms with E-state index in [1.165, 1.54) is 11.1 Å². The van der Waals surface area contributed by atoms with E-state index in [1.54, 1.807) is 0 Å². The second kappa shape index (κ2) is 5.97. The molecule has 100 valence electrons. The Bertz CT molecular complexity index is 588. The standard InChI is InChI=1S/C15H15Br2NO/c1-9-6-12(7-10(2)14(9)16)19-8-11-4-3-5-13(18)15(11)17/h3-7H,8,18H2,1-2H3. The van der Waals surface area contributed by atoms with Gasteiger partial charge in [-0.15, -0.1) is 0 Å². The molecule has 2 aromatic rings. The summed E-state index contributed by atoms with van der Waals surface area (Å²) in [7, 11) is 0. The second-order valence-electron chi connectivity index (χ2n) is 4.48. The molecule has 0 unspecified atom stereocenters. The van der Waals surface area contributed by atoms with Gasteiger partial charge < -0.3 is 10.5 Å². The van der Waals surface area contributed by atoms with Crippen molar-refractivity contribution >= 4 is 37.5 Å². The maximum absolute atomic E-state index is 5.85. The third-order valence-electron chi connectivity index (χ3n) is 2.91. The van der Waals surface area contributed by atoms with Crippen LogP contribution in [0.1, 0.15) is 16.7 Å². The summed E-state index contributed by atoms with van der Waals surface area (Å²) in [5, 5.41) is 0. The summed E-state index contributed by atoms with van der Waals surface area (Å²) in [6.07, 6.45) is 0. The zero-order chi connectivity index (χ0) is 14.0. The number of hydrogen-bond acceptors (Lipinski definition) is 2. The lowest BCUT2D eigenvalue weighted by Crippen LogP contribution is -1.99. The molecular weight excluding hydrogens is 370 g/mol. The van der Waals surface area contributed by atoms with Gasteiger partial charge in [0.15, 0.2) is 0 Å². The van der Waals surface area contributed by atoms with Crippen LogP contribution in [0.15, 0.2) is 39.3 Å². The fourth-order valence-corrected chi connectivity index (χ4v) is 2.47. The van der Waals surface area contributed by atoms with Gasteiger partial charge in [-0.25, -0.2) is 0 Å². The van der Waals surface area contributed by atoms with Crippen LogP contribution >= 0.6 is 31.9 Å². The monoisotopic (exact) mass is 383 g/mol. The molecular formula is C15H15Br2NO. The molecule has 4 heteroatoms. The van der Waals surface area contributed by atoms with Crippen molar-refractivity contribution in [1.82, 2.24) is 0 Å². The highest BCUT2D eigenvalue weighted by atomic mass is 79.9. The van der Waals surface area contributed by atoms with Crippen molar-refractivity contribution < 1.29 is 4.74 Å². The highest BCUT2D eigenvalue weighted by molar-refractivity contribution is 9.11. The fourth-order valence-electron chi connectivity index (χ4n) is 1.86. The van der Waals surface area contributed by atoms with Crippen LogP contribution in [-0.2, 0) is 6.61 Å². The third-order valence-corrected chi connectivity index (χ3v) is 5.13. The molecule has 2 N–H and O–H groups in total. The first kappa shape index (κ1) is 14.4. The number of anilines is 1. The van der Waals surface area contributed by atoms with Crippen LogP contribution in [0.4, 0.5) is 5.69 Å². The van der Waals surface area contributed by atoms with Crippen LogP contribution in [0.25, 0.3) is 0 Å². The molecule has 0 aliphatic rings. The van der Waals surface area contributed by atoms with E-state index < -0.39 is 0 Å². The second-order valence-corrected chi connectivity index (χ2v) is 6.07. The normalized spacial score (nSPS) is 10.5. The Morgan fingerprint density at radius 3 is 2.32 bits per heavy atom. The summed E-state index contributed by atoms with van der Waals surface area (Å²) in [4.78, 5) is 0. The average molecular weight is 385 g/mol. The average Bonchev–Trinajstić information content (AvgIpc) is 2.37. The van der Waals surface area contributed by atoms with Crippen molar-refractivity contribution in [3.05, 3.63) is 56.0 Å². The van der Waals surface area contributed by atoms with E-state index >= 15 is 0 Å². The first-order valence-corrected chi connectivity index (χ1v) is 7.50. The topological polar surface area (TPSA) is 35.2 Å². The van der Waals surface area contributed by atoms with Gasteiger partial charge in [0, 0.05) is 20.2 Å². The van der Waals surface area contributed by atoms with Crippen LogP contribution in [0.3, 0.4) is 0 Å². The van der Waals surface area contributed by atoms with E-state index in [-0.39, 0.29) is 0 Å². The van der Waals surface area contributed by atoms with Gasteiger partial charge in [-0.3, -0.25) is 0 Å². The number of aryl methyl sites for hydroxylation is 2. The summed E-state index contributed by atoms with van der Waals surface area (Å²) in [6.45, 7) is 4.60. The Morgan fingerprint density at radius 1 is 1.05 bits per heavy atom. The molecule has 0 saturated heterocycles. The van der Waals surface area contributed by atoms with Gasteiger partial charge in [-0.2, -0.15) is 0 Å². The minimum absolute atomic E-state index is 0.492. The number of nitrogens with two attached hydrogens (primary N) is 1. The highest BCUT2D eigenvalue weighted by Gasteiger charge is 2.06. The molecule has 0 saturated carbocycles. The van der Waals surface area contributed by atoms with Crippen LogP contribution in [-0.4, -0.2) is 0 Å². The molecule has 0 bridgehead atoms. The number of nitrogen functional groups attached to an aromatic ring is 1. The summed E-state index contributed by atoms with van der Waals surface area (Å²) >= 11 is 7.03. The Kier molecular flexibility index (Phi) is 4.53. The molecule has 0 aliphatic heterocycles. The zero-order valence-electron chi connectivity index (χ0n) is 10.8. The third kappa shape index (κ3) is 3.31. The predicted octanol–water partition coefficient (Wildman–Crippen LogP) is 4.99. The molecule has 0 atom stereocenters. The van der Waals surface area contributed by atoms with E-state index in [4.69, 9.17) is 10.5 Å². The van der Waals surface area contributed by atoms with Gasteiger partial charge in [-0.05, 0) is 59.1 Å². The Labute approximate surface area is 130 Å². The largest absolute Gasteiger partial charge is 0.489 e.